The number of halogens is 1. The summed E-state index contributed by atoms with van der Waals surface area (Å²) in [7, 11) is 0. The molecule has 1 aliphatic carbocycles. The fourth-order valence-electron chi connectivity index (χ4n) is 3.71. The van der Waals surface area contributed by atoms with Gasteiger partial charge in [0.15, 0.2) is 0 Å². The van der Waals surface area contributed by atoms with Gasteiger partial charge in [-0.2, -0.15) is 0 Å². The molecule has 5 rings (SSSR count). The van der Waals surface area contributed by atoms with Crippen molar-refractivity contribution in [1.29, 1.82) is 0 Å². The zero-order chi connectivity index (χ0) is 17.0. The van der Waals surface area contributed by atoms with Gasteiger partial charge in [-0.05, 0) is 36.6 Å². The van der Waals surface area contributed by atoms with Crippen molar-refractivity contribution in [2.45, 2.75) is 38.3 Å². The average Bonchev–Trinajstić information content (AvgIpc) is 3.39. The predicted molar refractivity (Wildman–Crippen MR) is 92.9 cm³/mol. The lowest BCUT2D eigenvalue weighted by Gasteiger charge is -2.27. The van der Waals surface area contributed by atoms with Crippen molar-refractivity contribution in [2.24, 2.45) is 0 Å². The Labute approximate surface area is 143 Å². The van der Waals surface area contributed by atoms with E-state index in [0.717, 1.165) is 59.4 Å². The van der Waals surface area contributed by atoms with Crippen LogP contribution in [0.4, 0.5) is 4.39 Å². The molecule has 0 radical (unpaired) electrons. The number of nitrogens with one attached hydrogen (secondary N) is 2. The summed E-state index contributed by atoms with van der Waals surface area (Å²) in [5, 5.41) is 0.905. The normalized spacial score (nSPS) is 17.8. The first-order chi connectivity index (χ1) is 12.2. The Morgan fingerprint density at radius 1 is 1.32 bits per heavy atom. The minimum Gasteiger partial charge on any atom is -0.361 e. The van der Waals surface area contributed by atoms with Crippen LogP contribution >= 0.6 is 0 Å². The molecule has 0 unspecified atom stereocenters. The summed E-state index contributed by atoms with van der Waals surface area (Å²) < 4.78 is 13.5. The van der Waals surface area contributed by atoms with E-state index in [2.05, 4.69) is 14.9 Å². The van der Waals surface area contributed by atoms with E-state index in [-0.39, 0.29) is 11.4 Å². The van der Waals surface area contributed by atoms with Crippen LogP contribution in [0, 0.1) is 5.82 Å². The fraction of sp³-hybridized carbons (Fsp3) is 0.368. The highest BCUT2D eigenvalue weighted by atomic mass is 19.1. The molecule has 1 aliphatic heterocycles. The molecule has 5 nitrogen and oxygen atoms in total. The topological polar surface area (TPSA) is 64.8 Å². The first kappa shape index (κ1) is 14.8. The molecular weight excluding hydrogens is 319 g/mol. The summed E-state index contributed by atoms with van der Waals surface area (Å²) in [6.07, 6.45) is 4.98. The summed E-state index contributed by atoms with van der Waals surface area (Å²) in [6.45, 7) is 2.13. The molecule has 1 saturated carbocycles. The van der Waals surface area contributed by atoms with Crippen LogP contribution in [-0.4, -0.2) is 26.4 Å². The highest BCUT2D eigenvalue weighted by Gasteiger charge is 2.29. The Bertz CT molecular complexity index is 1020. The van der Waals surface area contributed by atoms with Gasteiger partial charge >= 0.3 is 0 Å². The highest BCUT2D eigenvalue weighted by Crippen LogP contribution is 2.37. The molecule has 25 heavy (non-hydrogen) atoms. The third-order valence-electron chi connectivity index (χ3n) is 5.25. The first-order valence-corrected chi connectivity index (χ1v) is 8.77. The lowest BCUT2D eigenvalue weighted by Crippen LogP contribution is -2.35. The molecule has 128 valence electrons. The first-order valence-electron chi connectivity index (χ1n) is 8.77. The summed E-state index contributed by atoms with van der Waals surface area (Å²) in [5.74, 6) is 1.09. The van der Waals surface area contributed by atoms with Gasteiger partial charge in [-0.25, -0.2) is 9.37 Å². The van der Waals surface area contributed by atoms with Gasteiger partial charge in [-0.3, -0.25) is 9.69 Å². The van der Waals surface area contributed by atoms with Crippen molar-refractivity contribution in [2.75, 3.05) is 6.54 Å². The molecule has 2 aliphatic rings. The van der Waals surface area contributed by atoms with Crippen molar-refractivity contribution < 1.29 is 4.39 Å². The molecule has 3 aromatic rings. The smallest absolute Gasteiger partial charge is 0.255 e. The Kier molecular flexibility index (Phi) is 3.28. The van der Waals surface area contributed by atoms with Crippen LogP contribution in [0.25, 0.3) is 10.9 Å². The number of nitrogens with zero attached hydrogens (tertiary/aromatic N) is 2. The number of aromatic amines is 2. The summed E-state index contributed by atoms with van der Waals surface area (Å²) in [4.78, 5) is 25.5. The molecule has 0 spiro atoms. The maximum absolute atomic E-state index is 13.5. The Morgan fingerprint density at radius 3 is 3.04 bits per heavy atom. The quantitative estimate of drug-likeness (QED) is 0.772. The molecule has 0 atom stereocenters. The van der Waals surface area contributed by atoms with E-state index >= 15 is 0 Å². The second-order valence-electron chi connectivity index (χ2n) is 7.12. The molecule has 1 fully saturated rings. The number of hydrogen-bond acceptors (Lipinski definition) is 3. The second kappa shape index (κ2) is 5.52. The van der Waals surface area contributed by atoms with Crippen molar-refractivity contribution in [3.63, 3.8) is 0 Å². The minimum atomic E-state index is -0.231. The Hall–Kier alpha value is -2.47. The SMILES string of the molecule is O=c1[nH]c(C2CC2)nc2c1CN(Cc1c[nH]c3ccc(F)cc13)CC2. The maximum Gasteiger partial charge on any atom is 0.255 e. The zero-order valence-corrected chi connectivity index (χ0v) is 13.8. The van der Waals surface area contributed by atoms with Gasteiger partial charge in [0.1, 0.15) is 11.6 Å². The summed E-state index contributed by atoms with van der Waals surface area (Å²) in [6, 6.07) is 4.78. The molecule has 2 aromatic heterocycles. The maximum atomic E-state index is 13.5. The van der Waals surface area contributed by atoms with Gasteiger partial charge in [-0.15, -0.1) is 0 Å². The van der Waals surface area contributed by atoms with Gasteiger partial charge in [-0.1, -0.05) is 0 Å². The number of hydrogen-bond donors (Lipinski definition) is 2. The molecule has 2 N–H and O–H groups in total. The van der Waals surface area contributed by atoms with E-state index in [4.69, 9.17) is 4.98 Å². The molecular formula is C19H19FN4O. The fourth-order valence-corrected chi connectivity index (χ4v) is 3.71. The van der Waals surface area contributed by atoms with E-state index in [0.29, 0.717) is 19.0 Å². The molecule has 6 heteroatoms. The highest BCUT2D eigenvalue weighted by molar-refractivity contribution is 5.83. The van der Waals surface area contributed by atoms with E-state index < -0.39 is 0 Å². The summed E-state index contributed by atoms with van der Waals surface area (Å²) >= 11 is 0. The number of fused-ring (bicyclic) bond motifs is 2. The van der Waals surface area contributed by atoms with E-state index in [1.54, 1.807) is 12.1 Å². The molecule has 1 aromatic carbocycles. The van der Waals surface area contributed by atoms with Crippen molar-refractivity contribution in [1.82, 2.24) is 19.9 Å². The second-order valence-corrected chi connectivity index (χ2v) is 7.12. The number of H-pyrrole nitrogens is 2. The lowest BCUT2D eigenvalue weighted by molar-refractivity contribution is 0.242. The van der Waals surface area contributed by atoms with Crippen LogP contribution in [0.2, 0.25) is 0 Å². The Morgan fingerprint density at radius 2 is 2.20 bits per heavy atom. The lowest BCUT2D eigenvalue weighted by atomic mass is 10.1. The Balaban J connectivity index is 1.41. The molecule has 3 heterocycles. The van der Waals surface area contributed by atoms with Crippen LogP contribution in [0.5, 0.6) is 0 Å². The third-order valence-corrected chi connectivity index (χ3v) is 5.25. The van der Waals surface area contributed by atoms with Crippen LogP contribution in [-0.2, 0) is 19.5 Å². The molecule has 0 saturated heterocycles. The van der Waals surface area contributed by atoms with Crippen LogP contribution in [0.3, 0.4) is 0 Å². The average molecular weight is 338 g/mol. The van der Waals surface area contributed by atoms with Crippen molar-refractivity contribution >= 4 is 10.9 Å². The predicted octanol–water partition coefficient (Wildman–Crippen LogP) is 2.83. The third kappa shape index (κ3) is 2.66. The van der Waals surface area contributed by atoms with Crippen LogP contribution in [0.1, 0.15) is 41.4 Å². The van der Waals surface area contributed by atoms with Crippen molar-refractivity contribution in [3.8, 4) is 0 Å². The van der Waals surface area contributed by atoms with Gasteiger partial charge in [0, 0.05) is 49.1 Å². The molecule has 0 amide bonds. The van der Waals surface area contributed by atoms with Crippen molar-refractivity contribution in [3.05, 3.63) is 63.2 Å². The van der Waals surface area contributed by atoms with E-state index in [9.17, 15) is 9.18 Å². The van der Waals surface area contributed by atoms with Gasteiger partial charge in [0.05, 0.1) is 11.3 Å². The minimum absolute atomic E-state index is 0.00145. The molecule has 0 bridgehead atoms. The number of rotatable bonds is 3. The van der Waals surface area contributed by atoms with E-state index in [1.165, 1.54) is 6.07 Å². The monoisotopic (exact) mass is 338 g/mol. The standard InChI is InChI=1S/C19H19FN4O/c20-13-3-4-16-14(7-13)12(8-21-16)9-24-6-5-17-15(10-24)19(25)23-18(22-17)11-1-2-11/h3-4,7-8,11,21H,1-2,5-6,9-10H2,(H,22,23,25). The van der Waals surface area contributed by atoms with Gasteiger partial charge in [0.2, 0.25) is 0 Å². The zero-order valence-electron chi connectivity index (χ0n) is 13.8. The van der Waals surface area contributed by atoms with Gasteiger partial charge in [0.25, 0.3) is 5.56 Å². The summed E-state index contributed by atoms with van der Waals surface area (Å²) in [5.41, 5.74) is 3.72. The van der Waals surface area contributed by atoms with Crippen LogP contribution < -0.4 is 5.56 Å². The van der Waals surface area contributed by atoms with Gasteiger partial charge < -0.3 is 9.97 Å². The number of aromatic nitrogens is 3. The number of benzene rings is 1. The van der Waals surface area contributed by atoms with Crippen LogP contribution in [0.15, 0.2) is 29.2 Å². The van der Waals surface area contributed by atoms with E-state index in [1.807, 2.05) is 6.20 Å². The largest absolute Gasteiger partial charge is 0.361 e.